The zero-order chi connectivity index (χ0) is 19.8. The van der Waals surface area contributed by atoms with Crippen LogP contribution in [0.2, 0.25) is 18.1 Å². The van der Waals surface area contributed by atoms with Gasteiger partial charge in [0.25, 0.3) is 0 Å². The first-order chi connectivity index (χ1) is 11.8. The molecule has 5 heteroatoms. The highest BCUT2D eigenvalue weighted by Gasteiger charge is 2.36. The molecule has 0 unspecified atom stereocenters. The first-order valence-electron chi connectivity index (χ1n) is 9.28. The normalized spacial score (nSPS) is 13.2. The summed E-state index contributed by atoms with van der Waals surface area (Å²) < 4.78 is 13.5. The molecule has 1 aromatic carbocycles. The zero-order valence-electron chi connectivity index (χ0n) is 17.5. The number of benzene rings is 1. The van der Waals surface area contributed by atoms with Crippen molar-refractivity contribution in [1.29, 1.82) is 0 Å². The minimum absolute atomic E-state index is 0.192. The second kappa shape index (κ2) is 7.20. The van der Waals surface area contributed by atoms with Gasteiger partial charge in [-0.3, -0.25) is 4.57 Å². The van der Waals surface area contributed by atoms with E-state index in [9.17, 15) is 4.79 Å². The van der Waals surface area contributed by atoms with Crippen molar-refractivity contribution in [2.24, 2.45) is 0 Å². The Morgan fingerprint density at radius 1 is 1.08 bits per heavy atom. The van der Waals surface area contributed by atoms with Gasteiger partial charge in [0.1, 0.15) is 5.60 Å². The lowest BCUT2D eigenvalue weighted by Gasteiger charge is -2.36. The summed E-state index contributed by atoms with van der Waals surface area (Å²) in [6.07, 6.45) is 2.33. The van der Waals surface area contributed by atoms with Gasteiger partial charge in [-0.05, 0) is 57.0 Å². The molecule has 0 spiro atoms. The second-order valence-corrected chi connectivity index (χ2v) is 14.2. The van der Waals surface area contributed by atoms with E-state index in [0.29, 0.717) is 6.61 Å². The highest BCUT2D eigenvalue weighted by molar-refractivity contribution is 6.74. The Labute approximate surface area is 158 Å². The molecule has 0 aliphatic rings. The summed E-state index contributed by atoms with van der Waals surface area (Å²) in [5, 5.41) is 1.27. The summed E-state index contributed by atoms with van der Waals surface area (Å²) in [7, 11) is -1.77. The first-order valence-corrected chi connectivity index (χ1v) is 12.2. The summed E-state index contributed by atoms with van der Waals surface area (Å²) in [4.78, 5) is 12.6. The fourth-order valence-corrected chi connectivity index (χ4v) is 3.59. The van der Waals surface area contributed by atoms with Crippen LogP contribution in [0.25, 0.3) is 10.9 Å². The van der Waals surface area contributed by atoms with Crippen molar-refractivity contribution >= 4 is 25.3 Å². The Hall–Kier alpha value is -1.59. The Bertz CT molecular complexity index is 779. The monoisotopic (exact) mass is 375 g/mol. The summed E-state index contributed by atoms with van der Waals surface area (Å²) in [6.45, 7) is 17.6. The predicted molar refractivity (Wildman–Crippen MR) is 110 cm³/mol. The molecule has 1 aromatic heterocycles. The van der Waals surface area contributed by atoms with Gasteiger partial charge in [0, 0.05) is 18.2 Å². The molecule has 4 nitrogen and oxygen atoms in total. The van der Waals surface area contributed by atoms with Crippen molar-refractivity contribution in [3.8, 4) is 0 Å². The van der Waals surface area contributed by atoms with Crippen LogP contribution in [0.5, 0.6) is 0 Å². The second-order valence-electron chi connectivity index (χ2n) is 9.38. The highest BCUT2D eigenvalue weighted by Crippen LogP contribution is 2.36. The number of fused-ring (bicyclic) bond motifs is 1. The largest absolute Gasteiger partial charge is 0.443 e. The lowest BCUT2D eigenvalue weighted by molar-refractivity contribution is 0.0544. The molecule has 0 fully saturated rings. The van der Waals surface area contributed by atoms with Crippen LogP contribution in [0, 0.1) is 0 Å². The number of carbonyl (C=O) groups is 1. The van der Waals surface area contributed by atoms with E-state index in [4.69, 9.17) is 9.16 Å². The van der Waals surface area contributed by atoms with Gasteiger partial charge in [-0.1, -0.05) is 39.0 Å². The Morgan fingerprint density at radius 2 is 1.69 bits per heavy atom. The summed E-state index contributed by atoms with van der Waals surface area (Å²) in [6, 6.07) is 7.95. The van der Waals surface area contributed by atoms with Gasteiger partial charge in [0.05, 0.1) is 5.52 Å². The number of ether oxygens (including phenoxy) is 1. The minimum Gasteiger partial charge on any atom is -0.443 e. The third-order valence-electron chi connectivity index (χ3n) is 5.03. The topological polar surface area (TPSA) is 40.5 Å². The van der Waals surface area contributed by atoms with Gasteiger partial charge < -0.3 is 9.16 Å². The van der Waals surface area contributed by atoms with Crippen molar-refractivity contribution in [3.05, 3.63) is 36.0 Å². The summed E-state index contributed by atoms with van der Waals surface area (Å²) >= 11 is 0. The molecule has 0 aliphatic carbocycles. The number of aromatic nitrogens is 1. The molecular weight excluding hydrogens is 342 g/mol. The lowest BCUT2D eigenvalue weighted by atomic mass is 10.1. The third-order valence-corrected chi connectivity index (χ3v) is 9.56. The Kier molecular flexibility index (Phi) is 5.73. The van der Waals surface area contributed by atoms with E-state index in [1.807, 2.05) is 45.2 Å². The smallest absolute Gasteiger partial charge is 0.419 e. The van der Waals surface area contributed by atoms with Crippen LogP contribution in [0.3, 0.4) is 0 Å². The number of hydrogen-bond donors (Lipinski definition) is 0. The quantitative estimate of drug-likeness (QED) is 0.616. The number of para-hydroxylation sites is 1. The third kappa shape index (κ3) is 4.77. The van der Waals surface area contributed by atoms with Gasteiger partial charge in [0.2, 0.25) is 0 Å². The molecule has 2 aromatic rings. The molecule has 26 heavy (non-hydrogen) atoms. The van der Waals surface area contributed by atoms with Gasteiger partial charge in [-0.2, -0.15) is 0 Å². The van der Waals surface area contributed by atoms with Crippen LogP contribution in [0.15, 0.2) is 30.5 Å². The molecule has 0 atom stereocenters. The standard InChI is InChI=1S/C21H33NO3Si/c1-20(2,3)25-19(23)22-15-16(17-11-9-10-12-18(17)22)13-14-24-26(7,8)21(4,5)6/h9-12,15H,13-14H2,1-8H3. The number of nitrogens with zero attached hydrogens (tertiary/aromatic N) is 1. The van der Waals surface area contributed by atoms with Crippen molar-refractivity contribution in [2.45, 2.75) is 71.7 Å². The molecule has 1 heterocycles. The molecule has 2 rings (SSSR count). The van der Waals surface area contributed by atoms with E-state index in [1.165, 1.54) is 0 Å². The van der Waals surface area contributed by atoms with E-state index < -0.39 is 13.9 Å². The van der Waals surface area contributed by atoms with Crippen LogP contribution in [-0.4, -0.2) is 31.2 Å². The van der Waals surface area contributed by atoms with Crippen molar-refractivity contribution in [1.82, 2.24) is 4.57 Å². The molecule has 0 saturated carbocycles. The molecule has 0 aliphatic heterocycles. The summed E-state index contributed by atoms with van der Waals surface area (Å²) in [5.41, 5.74) is 1.47. The average molecular weight is 376 g/mol. The Balaban J connectivity index is 2.23. The van der Waals surface area contributed by atoms with Gasteiger partial charge in [0.15, 0.2) is 8.32 Å². The predicted octanol–water partition coefficient (Wildman–Crippen LogP) is 5.99. The molecule has 0 radical (unpaired) electrons. The fourth-order valence-electron chi connectivity index (χ4n) is 2.54. The van der Waals surface area contributed by atoms with Crippen LogP contribution in [-0.2, 0) is 15.6 Å². The molecule has 0 bridgehead atoms. The number of rotatable bonds is 4. The average Bonchev–Trinajstić information content (AvgIpc) is 2.83. The van der Waals surface area contributed by atoms with Crippen molar-refractivity contribution < 1.29 is 14.0 Å². The first kappa shape index (κ1) is 20.7. The Morgan fingerprint density at radius 3 is 2.27 bits per heavy atom. The maximum atomic E-state index is 12.6. The van der Waals surface area contributed by atoms with Gasteiger partial charge >= 0.3 is 6.09 Å². The van der Waals surface area contributed by atoms with Crippen molar-refractivity contribution in [2.75, 3.05) is 6.61 Å². The molecule has 144 valence electrons. The lowest BCUT2D eigenvalue weighted by Crippen LogP contribution is -2.41. The van der Waals surface area contributed by atoms with Gasteiger partial charge in [-0.25, -0.2) is 4.79 Å². The maximum absolute atomic E-state index is 12.6. The van der Waals surface area contributed by atoms with Crippen LogP contribution < -0.4 is 0 Å². The minimum atomic E-state index is -1.77. The van der Waals surface area contributed by atoms with E-state index in [1.54, 1.807) is 4.57 Å². The number of carbonyl (C=O) groups excluding carboxylic acids is 1. The van der Waals surface area contributed by atoms with Gasteiger partial charge in [-0.15, -0.1) is 0 Å². The van der Waals surface area contributed by atoms with Crippen LogP contribution >= 0.6 is 0 Å². The number of hydrogen-bond acceptors (Lipinski definition) is 3. The van der Waals surface area contributed by atoms with E-state index >= 15 is 0 Å². The fraction of sp³-hybridized carbons (Fsp3) is 0.571. The van der Waals surface area contributed by atoms with Crippen molar-refractivity contribution in [3.63, 3.8) is 0 Å². The van der Waals surface area contributed by atoms with Crippen LogP contribution in [0.1, 0.15) is 47.1 Å². The molecular formula is C21H33NO3Si. The summed E-state index contributed by atoms with van der Waals surface area (Å²) in [5.74, 6) is 0. The zero-order valence-corrected chi connectivity index (χ0v) is 18.5. The van der Waals surface area contributed by atoms with E-state index in [-0.39, 0.29) is 11.1 Å². The SMILES string of the molecule is CC(C)(C)OC(=O)n1cc(CCO[Si](C)(C)C(C)(C)C)c2ccccc21. The highest BCUT2D eigenvalue weighted by atomic mass is 28.4. The van der Waals surface area contributed by atoms with Crippen LogP contribution in [0.4, 0.5) is 4.79 Å². The molecule has 0 N–H and O–H groups in total. The molecule has 0 saturated heterocycles. The maximum Gasteiger partial charge on any atom is 0.419 e. The molecule has 0 amide bonds. The van der Waals surface area contributed by atoms with E-state index in [0.717, 1.165) is 22.9 Å². The van der Waals surface area contributed by atoms with E-state index in [2.05, 4.69) is 39.9 Å².